The maximum absolute atomic E-state index is 12.5. The Bertz CT molecular complexity index is 1320. The summed E-state index contributed by atoms with van der Waals surface area (Å²) in [7, 11) is 0.244. The fourth-order valence-electron chi connectivity index (χ4n) is 3.27. The summed E-state index contributed by atoms with van der Waals surface area (Å²) in [5.74, 6) is 0.738. The number of sulfonamides is 1. The number of rotatable bonds is 8. The van der Waals surface area contributed by atoms with Gasteiger partial charge in [0.2, 0.25) is 10.0 Å². The summed E-state index contributed by atoms with van der Waals surface area (Å²) in [5, 5.41) is 7.78. The van der Waals surface area contributed by atoms with Gasteiger partial charge in [0.05, 0.1) is 16.8 Å². The number of fused-ring (bicyclic) bond motifs is 1. The van der Waals surface area contributed by atoms with Crippen molar-refractivity contribution < 1.29 is 8.42 Å². The van der Waals surface area contributed by atoms with E-state index < -0.39 is 10.0 Å². The molecule has 0 atom stereocenters. The third-order valence-electron chi connectivity index (χ3n) is 5.01. The molecule has 9 heteroatoms. The summed E-state index contributed by atoms with van der Waals surface area (Å²) in [6.07, 6.45) is 1.78. The van der Waals surface area contributed by atoms with Gasteiger partial charge in [0, 0.05) is 36.0 Å². The van der Waals surface area contributed by atoms with Gasteiger partial charge in [0.15, 0.2) is 5.65 Å². The Labute approximate surface area is 188 Å². The summed E-state index contributed by atoms with van der Waals surface area (Å²) in [5.41, 5.74) is 4.31. The Balaban J connectivity index is 1.61. The van der Waals surface area contributed by atoms with Crippen molar-refractivity contribution in [3.8, 4) is 11.3 Å². The van der Waals surface area contributed by atoms with Crippen LogP contribution in [0.15, 0.2) is 71.8 Å². The van der Waals surface area contributed by atoms with E-state index in [1.54, 1.807) is 35.0 Å². The predicted molar refractivity (Wildman–Crippen MR) is 127 cm³/mol. The molecule has 0 radical (unpaired) electrons. The van der Waals surface area contributed by atoms with Gasteiger partial charge in [0.1, 0.15) is 5.82 Å². The molecule has 0 aliphatic rings. The second-order valence-corrected chi connectivity index (χ2v) is 9.57. The average Bonchev–Trinajstić information content (AvgIpc) is 3.15. The zero-order valence-electron chi connectivity index (χ0n) is 18.3. The van der Waals surface area contributed by atoms with Crippen molar-refractivity contribution in [3.05, 3.63) is 72.4 Å². The van der Waals surface area contributed by atoms with Crippen LogP contribution in [0.4, 0.5) is 11.5 Å². The molecule has 4 rings (SSSR count). The van der Waals surface area contributed by atoms with E-state index in [0.29, 0.717) is 13.1 Å². The lowest BCUT2D eigenvalue weighted by atomic mass is 10.1. The van der Waals surface area contributed by atoms with Crippen molar-refractivity contribution in [3.63, 3.8) is 0 Å². The van der Waals surface area contributed by atoms with Crippen molar-refractivity contribution in [2.75, 3.05) is 32.5 Å². The topological polar surface area (TPSA) is 91.6 Å². The van der Waals surface area contributed by atoms with E-state index in [9.17, 15) is 8.42 Å². The van der Waals surface area contributed by atoms with Crippen molar-refractivity contribution in [2.24, 2.45) is 0 Å². The monoisotopic (exact) mass is 450 g/mol. The SMILES string of the molecule is Cc1cnn2c(Nc3ccc(S(=O)(=O)NCCN(C)C)cc3)cc(-c3ccccc3)nc12. The van der Waals surface area contributed by atoms with E-state index in [1.807, 2.05) is 62.3 Å². The van der Waals surface area contributed by atoms with Gasteiger partial charge in [-0.3, -0.25) is 0 Å². The number of nitrogens with one attached hydrogen (secondary N) is 2. The number of hydrogen-bond donors (Lipinski definition) is 2. The molecule has 0 saturated heterocycles. The maximum atomic E-state index is 12.5. The van der Waals surface area contributed by atoms with Gasteiger partial charge in [-0.15, -0.1) is 0 Å². The molecule has 2 heterocycles. The molecule has 4 aromatic rings. The quantitative estimate of drug-likeness (QED) is 0.428. The van der Waals surface area contributed by atoms with Gasteiger partial charge in [-0.05, 0) is 45.3 Å². The summed E-state index contributed by atoms with van der Waals surface area (Å²) < 4.78 is 29.3. The molecule has 0 aliphatic heterocycles. The number of aromatic nitrogens is 3. The highest BCUT2D eigenvalue weighted by Gasteiger charge is 2.14. The fraction of sp³-hybridized carbons (Fsp3) is 0.217. The molecule has 8 nitrogen and oxygen atoms in total. The van der Waals surface area contributed by atoms with Gasteiger partial charge in [0.25, 0.3) is 0 Å². The van der Waals surface area contributed by atoms with E-state index >= 15 is 0 Å². The molecule has 2 aromatic heterocycles. The highest BCUT2D eigenvalue weighted by atomic mass is 32.2. The summed E-state index contributed by atoms with van der Waals surface area (Å²) in [6, 6.07) is 18.5. The van der Waals surface area contributed by atoms with E-state index in [4.69, 9.17) is 4.98 Å². The summed E-state index contributed by atoms with van der Waals surface area (Å²) >= 11 is 0. The van der Waals surface area contributed by atoms with Gasteiger partial charge < -0.3 is 10.2 Å². The normalized spacial score (nSPS) is 11.9. The van der Waals surface area contributed by atoms with E-state index in [-0.39, 0.29) is 4.90 Å². The van der Waals surface area contributed by atoms with Crippen molar-refractivity contribution >= 4 is 27.2 Å². The second-order valence-electron chi connectivity index (χ2n) is 7.81. The van der Waals surface area contributed by atoms with Crippen molar-refractivity contribution in [2.45, 2.75) is 11.8 Å². The largest absolute Gasteiger partial charge is 0.340 e. The predicted octanol–water partition coefficient (Wildman–Crippen LogP) is 3.29. The van der Waals surface area contributed by atoms with Crippen LogP contribution < -0.4 is 10.0 Å². The molecular weight excluding hydrogens is 424 g/mol. The van der Waals surface area contributed by atoms with Crippen LogP contribution in [0.1, 0.15) is 5.56 Å². The minimum absolute atomic E-state index is 0.224. The number of likely N-dealkylation sites (N-methyl/N-ethyl adjacent to an activating group) is 1. The van der Waals surface area contributed by atoms with Crippen LogP contribution in [0.3, 0.4) is 0 Å². The smallest absolute Gasteiger partial charge is 0.240 e. The number of benzene rings is 2. The van der Waals surface area contributed by atoms with Gasteiger partial charge in [-0.2, -0.15) is 9.61 Å². The lowest BCUT2D eigenvalue weighted by molar-refractivity contribution is 0.412. The molecule has 0 spiro atoms. The lowest BCUT2D eigenvalue weighted by Crippen LogP contribution is -2.31. The molecule has 0 bridgehead atoms. The Hall–Kier alpha value is -3.27. The zero-order chi connectivity index (χ0) is 22.7. The highest BCUT2D eigenvalue weighted by Crippen LogP contribution is 2.26. The molecule has 2 aromatic carbocycles. The van der Waals surface area contributed by atoms with E-state index in [1.165, 1.54) is 0 Å². The third-order valence-corrected chi connectivity index (χ3v) is 6.48. The number of anilines is 2. The second kappa shape index (κ2) is 9.07. The molecule has 32 heavy (non-hydrogen) atoms. The van der Waals surface area contributed by atoms with Crippen LogP contribution in [0, 0.1) is 6.92 Å². The molecule has 0 saturated carbocycles. The molecule has 0 fully saturated rings. The van der Waals surface area contributed by atoms with Crippen LogP contribution >= 0.6 is 0 Å². The first kappa shape index (κ1) is 21.9. The number of hydrogen-bond acceptors (Lipinski definition) is 6. The van der Waals surface area contributed by atoms with E-state index in [0.717, 1.165) is 34.0 Å². The van der Waals surface area contributed by atoms with E-state index in [2.05, 4.69) is 15.1 Å². The van der Waals surface area contributed by atoms with Crippen LogP contribution in [-0.2, 0) is 10.0 Å². The minimum Gasteiger partial charge on any atom is -0.340 e. The molecular formula is C23H26N6O2S. The van der Waals surface area contributed by atoms with Crippen molar-refractivity contribution in [1.29, 1.82) is 0 Å². The highest BCUT2D eigenvalue weighted by molar-refractivity contribution is 7.89. The maximum Gasteiger partial charge on any atom is 0.240 e. The molecule has 0 aliphatic carbocycles. The number of nitrogens with zero attached hydrogens (tertiary/aromatic N) is 4. The fourth-order valence-corrected chi connectivity index (χ4v) is 4.29. The first-order valence-corrected chi connectivity index (χ1v) is 11.7. The Morgan fingerprint density at radius 3 is 2.44 bits per heavy atom. The Morgan fingerprint density at radius 2 is 1.75 bits per heavy atom. The Morgan fingerprint density at radius 1 is 1.03 bits per heavy atom. The molecule has 166 valence electrons. The standard InChI is InChI=1S/C23H26N6O2S/c1-17-16-24-29-22(15-21(27-23(17)29)18-7-5-4-6-8-18)26-19-9-11-20(12-10-19)32(30,31)25-13-14-28(2)3/h4-12,15-16,25-26H,13-14H2,1-3H3. The zero-order valence-corrected chi connectivity index (χ0v) is 19.1. The van der Waals surface area contributed by atoms with Gasteiger partial charge in [-0.1, -0.05) is 30.3 Å². The first-order valence-electron chi connectivity index (χ1n) is 10.3. The van der Waals surface area contributed by atoms with Crippen LogP contribution in [0.5, 0.6) is 0 Å². The molecule has 2 N–H and O–H groups in total. The average molecular weight is 451 g/mol. The van der Waals surface area contributed by atoms with Gasteiger partial charge >= 0.3 is 0 Å². The minimum atomic E-state index is -3.55. The summed E-state index contributed by atoms with van der Waals surface area (Å²) in [6.45, 7) is 2.95. The van der Waals surface area contributed by atoms with Crippen LogP contribution in [0.25, 0.3) is 16.9 Å². The van der Waals surface area contributed by atoms with Gasteiger partial charge in [-0.25, -0.2) is 18.1 Å². The molecule has 0 amide bonds. The lowest BCUT2D eigenvalue weighted by Gasteiger charge is -2.13. The van der Waals surface area contributed by atoms with Crippen LogP contribution in [0.2, 0.25) is 0 Å². The molecule has 0 unspecified atom stereocenters. The van der Waals surface area contributed by atoms with Crippen LogP contribution in [-0.4, -0.2) is 55.1 Å². The first-order chi connectivity index (χ1) is 15.3. The third kappa shape index (κ3) is 4.80. The number of aryl methyl sites for hydroxylation is 1. The summed E-state index contributed by atoms with van der Waals surface area (Å²) in [4.78, 5) is 6.91. The van der Waals surface area contributed by atoms with Crippen molar-refractivity contribution in [1.82, 2.24) is 24.2 Å². The Kier molecular flexibility index (Phi) is 6.22.